The van der Waals surface area contributed by atoms with Gasteiger partial charge in [-0.05, 0) is 0 Å². The molecule has 0 fully saturated rings. The minimum Gasteiger partial charge on any atom is -0.458 e. The van der Waals surface area contributed by atoms with Gasteiger partial charge in [0.05, 0.1) is 39.6 Å². The van der Waals surface area contributed by atoms with Gasteiger partial charge in [0.15, 0.2) is 5.69 Å². The zero-order valence-corrected chi connectivity index (χ0v) is 13.0. The average molecular weight is 328 g/mol. The van der Waals surface area contributed by atoms with Crippen molar-refractivity contribution in [2.75, 3.05) is 52.9 Å². The predicted octanol–water partition coefficient (Wildman–Crippen LogP) is -0.203. The van der Waals surface area contributed by atoms with Crippen LogP contribution in [0.5, 0.6) is 0 Å². The highest BCUT2D eigenvalue weighted by Crippen LogP contribution is 2.05. The van der Waals surface area contributed by atoms with E-state index in [2.05, 4.69) is 4.98 Å². The monoisotopic (exact) mass is 328 g/mol. The van der Waals surface area contributed by atoms with Gasteiger partial charge in [-0.1, -0.05) is 0 Å². The molecule has 1 aliphatic heterocycles. The van der Waals surface area contributed by atoms with Crippen molar-refractivity contribution >= 4 is 11.9 Å². The summed E-state index contributed by atoms with van der Waals surface area (Å²) in [6, 6.07) is 0. The topological polar surface area (TPSA) is 98.1 Å². The average Bonchev–Trinajstić information content (AvgIpc) is 2.92. The zero-order valence-electron chi connectivity index (χ0n) is 13.0. The molecule has 2 heterocycles. The van der Waals surface area contributed by atoms with Crippen LogP contribution in [0, 0.1) is 0 Å². The van der Waals surface area contributed by atoms with Gasteiger partial charge in [0.25, 0.3) is 0 Å². The number of rotatable bonds is 0. The molecule has 1 aromatic heterocycles. The number of fused-ring (bicyclic) bond motifs is 2. The van der Waals surface area contributed by atoms with Gasteiger partial charge in [-0.2, -0.15) is 0 Å². The number of cyclic esters (lactones) is 2. The van der Waals surface area contributed by atoms with Gasteiger partial charge in [-0.25, -0.2) is 14.6 Å². The summed E-state index contributed by atoms with van der Waals surface area (Å²) in [7, 11) is 1.60. The molecule has 9 nitrogen and oxygen atoms in total. The lowest BCUT2D eigenvalue weighted by Gasteiger charge is -2.08. The summed E-state index contributed by atoms with van der Waals surface area (Å²) < 4.78 is 27.3. The molecule has 2 bridgehead atoms. The molecule has 0 N–H and O–H groups in total. The molecule has 128 valence electrons. The molecule has 23 heavy (non-hydrogen) atoms. The van der Waals surface area contributed by atoms with Crippen molar-refractivity contribution < 1.29 is 33.3 Å². The van der Waals surface area contributed by atoms with E-state index in [0.29, 0.717) is 26.4 Å². The Hall–Kier alpha value is -1.97. The minimum absolute atomic E-state index is 0.0256. The van der Waals surface area contributed by atoms with Crippen LogP contribution in [0.2, 0.25) is 0 Å². The van der Waals surface area contributed by atoms with Crippen LogP contribution < -0.4 is 0 Å². The summed E-state index contributed by atoms with van der Waals surface area (Å²) in [5.74, 6) is -1.22. The SMILES string of the molecule is Cn1cc2nc1C(=O)OCCOCCOCCOCCOC2=O. The number of ether oxygens (including phenoxy) is 5. The largest absolute Gasteiger partial charge is 0.458 e. The van der Waals surface area contributed by atoms with Crippen molar-refractivity contribution in [1.82, 2.24) is 9.55 Å². The number of nitrogens with zero attached hydrogens (tertiary/aromatic N) is 2. The third kappa shape index (κ3) is 5.62. The quantitative estimate of drug-likeness (QED) is 0.604. The van der Waals surface area contributed by atoms with Gasteiger partial charge in [0.1, 0.15) is 13.2 Å². The lowest BCUT2D eigenvalue weighted by molar-refractivity contribution is -0.00738. The second-order valence-electron chi connectivity index (χ2n) is 4.67. The Labute approximate surface area is 133 Å². The Morgan fingerprint density at radius 3 is 1.87 bits per heavy atom. The molecule has 0 spiro atoms. The van der Waals surface area contributed by atoms with E-state index in [-0.39, 0.29) is 37.9 Å². The van der Waals surface area contributed by atoms with E-state index in [0.717, 1.165) is 0 Å². The van der Waals surface area contributed by atoms with Gasteiger partial charge in [-0.3, -0.25) is 0 Å². The number of aromatic nitrogens is 2. The van der Waals surface area contributed by atoms with Crippen LogP contribution in [0.4, 0.5) is 0 Å². The zero-order chi connectivity index (χ0) is 16.5. The van der Waals surface area contributed by atoms with E-state index in [9.17, 15) is 9.59 Å². The first-order valence-corrected chi connectivity index (χ1v) is 7.29. The van der Waals surface area contributed by atoms with E-state index in [1.165, 1.54) is 10.8 Å². The molecule has 0 saturated carbocycles. The first-order valence-electron chi connectivity index (χ1n) is 7.29. The standard InChI is InChI=1S/C14H20N2O7/c1-16-10-11-13(17)22-8-6-20-4-2-19-3-5-21-7-9-23-14(18)12(16)15-11/h10H,2-9H2,1H3. The fraction of sp³-hybridized carbons (Fsp3) is 0.643. The molecule has 0 atom stereocenters. The maximum Gasteiger partial charge on any atom is 0.374 e. The summed E-state index contributed by atoms with van der Waals surface area (Å²) in [5.41, 5.74) is 0.0418. The first kappa shape index (κ1) is 17.4. The van der Waals surface area contributed by atoms with Gasteiger partial charge in [-0.15, -0.1) is 0 Å². The van der Waals surface area contributed by atoms with Crippen molar-refractivity contribution in [3.63, 3.8) is 0 Å². The molecule has 0 aromatic carbocycles. The molecular weight excluding hydrogens is 308 g/mol. The molecule has 0 saturated heterocycles. The van der Waals surface area contributed by atoms with Crippen LogP contribution >= 0.6 is 0 Å². The number of esters is 2. The Balaban J connectivity index is 1.97. The molecule has 0 aliphatic carbocycles. The molecule has 0 unspecified atom stereocenters. The normalized spacial score (nSPS) is 19.3. The van der Waals surface area contributed by atoms with Crippen molar-refractivity contribution in [1.29, 1.82) is 0 Å². The Kier molecular flexibility index (Phi) is 6.98. The summed E-state index contributed by atoms with van der Waals surface area (Å²) in [4.78, 5) is 27.7. The predicted molar refractivity (Wildman–Crippen MR) is 76.2 cm³/mol. The van der Waals surface area contributed by atoms with E-state index in [1.807, 2.05) is 0 Å². The highest BCUT2D eigenvalue weighted by atomic mass is 16.6. The summed E-state index contributed by atoms with van der Waals surface area (Å²) in [5, 5.41) is 0. The highest BCUT2D eigenvalue weighted by molar-refractivity contribution is 5.91. The molecule has 0 radical (unpaired) electrons. The second-order valence-corrected chi connectivity index (χ2v) is 4.67. The smallest absolute Gasteiger partial charge is 0.374 e. The minimum atomic E-state index is -0.629. The van der Waals surface area contributed by atoms with Crippen LogP contribution in [0.1, 0.15) is 21.1 Å². The third-order valence-corrected chi connectivity index (χ3v) is 2.93. The number of hydrogen-bond donors (Lipinski definition) is 0. The maximum atomic E-state index is 11.9. The molecule has 1 aromatic rings. The number of carbonyl (C=O) groups excluding carboxylic acids is 2. The van der Waals surface area contributed by atoms with Crippen molar-refractivity contribution in [2.45, 2.75) is 0 Å². The number of hydrogen-bond acceptors (Lipinski definition) is 8. The maximum absolute atomic E-state index is 11.9. The van der Waals surface area contributed by atoms with Crippen LogP contribution in [-0.2, 0) is 30.7 Å². The van der Waals surface area contributed by atoms with Gasteiger partial charge in [0, 0.05) is 13.2 Å². The van der Waals surface area contributed by atoms with Crippen LogP contribution in [0.25, 0.3) is 0 Å². The Morgan fingerprint density at radius 2 is 1.30 bits per heavy atom. The molecule has 9 heteroatoms. The molecule has 1 aliphatic rings. The molecule has 2 rings (SSSR count). The first-order chi connectivity index (χ1) is 11.2. The molecular formula is C14H20N2O7. The van der Waals surface area contributed by atoms with E-state index < -0.39 is 11.9 Å². The van der Waals surface area contributed by atoms with Gasteiger partial charge in [0.2, 0.25) is 5.82 Å². The van der Waals surface area contributed by atoms with Crippen LogP contribution in [0.3, 0.4) is 0 Å². The fourth-order valence-corrected chi connectivity index (χ4v) is 1.82. The summed E-state index contributed by atoms with van der Waals surface area (Å²) in [6.07, 6.45) is 1.41. The van der Waals surface area contributed by atoms with Crippen molar-refractivity contribution in [3.05, 3.63) is 17.7 Å². The van der Waals surface area contributed by atoms with E-state index in [1.54, 1.807) is 7.05 Å². The Bertz CT molecular complexity index is 529. The van der Waals surface area contributed by atoms with Gasteiger partial charge < -0.3 is 28.3 Å². The third-order valence-electron chi connectivity index (χ3n) is 2.93. The van der Waals surface area contributed by atoms with Crippen molar-refractivity contribution in [2.24, 2.45) is 7.05 Å². The summed E-state index contributed by atoms with van der Waals surface area (Å²) >= 11 is 0. The van der Waals surface area contributed by atoms with E-state index >= 15 is 0 Å². The van der Waals surface area contributed by atoms with Crippen LogP contribution in [-0.4, -0.2) is 74.3 Å². The lowest BCUT2D eigenvalue weighted by Crippen LogP contribution is -2.17. The molecule has 0 amide bonds. The summed E-state index contributed by atoms with van der Waals surface area (Å²) in [6.45, 7) is 2.36. The number of imidazole rings is 1. The van der Waals surface area contributed by atoms with Crippen molar-refractivity contribution in [3.8, 4) is 0 Å². The van der Waals surface area contributed by atoms with Crippen LogP contribution in [0.15, 0.2) is 6.20 Å². The second kappa shape index (κ2) is 9.23. The number of aryl methyl sites for hydroxylation is 1. The van der Waals surface area contributed by atoms with E-state index in [4.69, 9.17) is 23.7 Å². The van der Waals surface area contributed by atoms with Gasteiger partial charge >= 0.3 is 11.9 Å². The lowest BCUT2D eigenvalue weighted by atomic mass is 10.5. The number of carbonyl (C=O) groups is 2. The Morgan fingerprint density at radius 1 is 0.826 bits per heavy atom. The highest BCUT2D eigenvalue weighted by Gasteiger charge is 2.20. The fourth-order valence-electron chi connectivity index (χ4n) is 1.82.